The molecule has 5 nitrogen and oxygen atoms in total. The minimum absolute atomic E-state index is 0.110. The summed E-state index contributed by atoms with van der Waals surface area (Å²) in [6.45, 7) is -3.59. The van der Waals surface area contributed by atoms with Crippen LogP contribution < -0.4 is 9.05 Å². The van der Waals surface area contributed by atoms with Crippen molar-refractivity contribution in [1.29, 1.82) is 0 Å². The van der Waals surface area contributed by atoms with Gasteiger partial charge in [-0.2, -0.15) is 0 Å². The number of carbonyl (C=O) groups is 2. The van der Waals surface area contributed by atoms with Gasteiger partial charge in [-0.1, -0.05) is 60.7 Å². The predicted octanol–water partition coefficient (Wildman–Crippen LogP) is 7.08. The van der Waals surface area contributed by atoms with Gasteiger partial charge in [0.2, 0.25) is 0 Å². The summed E-state index contributed by atoms with van der Waals surface area (Å²) >= 11 is 0.954. The van der Waals surface area contributed by atoms with Crippen LogP contribution in [0.4, 0.5) is 0 Å². The van der Waals surface area contributed by atoms with Crippen LogP contribution in [0.5, 0.6) is 11.5 Å². The Kier molecular flexibility index (Phi) is 7.31. The minimum atomic E-state index is -3.59. The van der Waals surface area contributed by atoms with Crippen molar-refractivity contribution in [1.82, 2.24) is 0 Å². The van der Waals surface area contributed by atoms with E-state index in [0.29, 0.717) is 33.8 Å². The summed E-state index contributed by atoms with van der Waals surface area (Å²) in [5, 5.41) is 0. The maximum absolute atomic E-state index is 13.2. The maximum atomic E-state index is 13.2. The first-order valence-electron chi connectivity index (χ1n) is 10.4. The van der Waals surface area contributed by atoms with E-state index in [9.17, 15) is 14.2 Å². The molecule has 4 aromatic carbocycles. The summed E-state index contributed by atoms with van der Waals surface area (Å²) in [6, 6.07) is 30.8. The normalized spacial score (nSPS) is 11.0. The number of hydrogen-bond acceptors (Lipinski definition) is 6. The Hall–Kier alpha value is -3.60. The van der Waals surface area contributed by atoms with Crippen LogP contribution in [-0.2, 0) is 4.57 Å². The predicted molar refractivity (Wildman–Crippen MR) is 135 cm³/mol. The average molecular weight is 489 g/mol. The molecule has 7 heteroatoms. The van der Waals surface area contributed by atoms with Gasteiger partial charge in [-0.25, -0.2) is 4.57 Å². The Bertz CT molecular complexity index is 1220. The van der Waals surface area contributed by atoms with Gasteiger partial charge in [-0.3, -0.25) is 9.59 Å². The standard InChI is InChI=1S/C27H21O5PS/c1-34-33(30,31-24-16-12-22(13-17-24)26(28)20-8-4-2-5-9-20)32-25-18-14-23(15-19-25)27(29)21-10-6-3-7-11-21/h2-19H,1H3. The first-order chi connectivity index (χ1) is 16.5. The van der Waals surface area contributed by atoms with Gasteiger partial charge in [0.25, 0.3) is 0 Å². The lowest BCUT2D eigenvalue weighted by Crippen LogP contribution is -2.02. The Balaban J connectivity index is 1.44. The molecule has 4 aromatic rings. The fraction of sp³-hybridized carbons (Fsp3) is 0.0370. The Morgan fingerprint density at radius 2 is 0.882 bits per heavy atom. The van der Waals surface area contributed by atoms with Gasteiger partial charge < -0.3 is 9.05 Å². The quantitative estimate of drug-likeness (QED) is 0.185. The van der Waals surface area contributed by atoms with Crippen LogP contribution in [0.15, 0.2) is 109 Å². The van der Waals surface area contributed by atoms with Gasteiger partial charge in [0, 0.05) is 22.3 Å². The SMILES string of the molecule is CSP(=O)(Oc1ccc(C(=O)c2ccccc2)cc1)Oc1ccc(C(=O)c2ccccc2)cc1. The van der Waals surface area contributed by atoms with Crippen molar-refractivity contribution in [3.63, 3.8) is 0 Å². The van der Waals surface area contributed by atoms with Crippen LogP contribution in [0, 0.1) is 0 Å². The highest BCUT2D eigenvalue weighted by atomic mass is 32.7. The Morgan fingerprint density at radius 1 is 0.559 bits per heavy atom. The highest BCUT2D eigenvalue weighted by Gasteiger charge is 2.27. The molecule has 0 spiro atoms. The van der Waals surface area contributed by atoms with Crippen LogP contribution in [-0.4, -0.2) is 17.8 Å². The average Bonchev–Trinajstić information content (AvgIpc) is 2.90. The van der Waals surface area contributed by atoms with Crippen molar-refractivity contribution in [3.05, 3.63) is 131 Å². The summed E-state index contributed by atoms with van der Waals surface area (Å²) < 4.78 is 24.5. The zero-order valence-electron chi connectivity index (χ0n) is 18.3. The van der Waals surface area contributed by atoms with Crippen molar-refractivity contribution in [3.8, 4) is 11.5 Å². The summed E-state index contributed by atoms with van der Waals surface area (Å²) in [5.41, 5.74) is 2.17. The summed E-state index contributed by atoms with van der Waals surface area (Å²) in [4.78, 5) is 25.1. The summed E-state index contributed by atoms with van der Waals surface area (Å²) in [7, 11) is 0. The van der Waals surface area contributed by atoms with E-state index >= 15 is 0 Å². The number of carbonyl (C=O) groups excluding carboxylic acids is 2. The van der Waals surface area contributed by atoms with Gasteiger partial charge in [0.1, 0.15) is 11.5 Å². The summed E-state index contributed by atoms with van der Waals surface area (Å²) in [6.07, 6.45) is 1.63. The molecule has 0 bridgehead atoms. The van der Waals surface area contributed by atoms with Crippen molar-refractivity contribution in [2.75, 3.05) is 6.26 Å². The van der Waals surface area contributed by atoms with Gasteiger partial charge in [-0.15, -0.1) is 0 Å². The first kappa shape index (κ1) is 23.6. The largest absolute Gasteiger partial charge is 0.492 e. The third-order valence-electron chi connectivity index (χ3n) is 4.96. The molecule has 0 atom stereocenters. The lowest BCUT2D eigenvalue weighted by Gasteiger charge is -2.18. The van der Waals surface area contributed by atoms with E-state index in [2.05, 4.69) is 0 Å². The molecular weight excluding hydrogens is 467 g/mol. The van der Waals surface area contributed by atoms with E-state index in [1.165, 1.54) is 0 Å². The second kappa shape index (κ2) is 10.6. The monoisotopic (exact) mass is 488 g/mol. The number of benzene rings is 4. The van der Waals surface area contributed by atoms with E-state index in [0.717, 1.165) is 11.4 Å². The maximum Gasteiger partial charge on any atom is 0.492 e. The molecule has 34 heavy (non-hydrogen) atoms. The third kappa shape index (κ3) is 5.66. The second-order valence-electron chi connectivity index (χ2n) is 7.25. The highest BCUT2D eigenvalue weighted by molar-refractivity contribution is 8.55. The molecule has 170 valence electrons. The molecule has 0 saturated heterocycles. The molecular formula is C27H21O5PS. The molecule has 0 fully saturated rings. The fourth-order valence-electron chi connectivity index (χ4n) is 3.20. The lowest BCUT2D eigenvalue weighted by molar-refractivity contribution is 0.103. The zero-order chi connectivity index (χ0) is 24.0. The van der Waals surface area contributed by atoms with Gasteiger partial charge in [-0.05, 0) is 66.2 Å². The molecule has 0 aromatic heterocycles. The molecule has 0 heterocycles. The molecule has 0 unspecified atom stereocenters. The van der Waals surface area contributed by atoms with Crippen LogP contribution in [0.3, 0.4) is 0 Å². The molecule has 0 saturated carbocycles. The van der Waals surface area contributed by atoms with E-state index in [1.54, 1.807) is 103 Å². The van der Waals surface area contributed by atoms with Crippen LogP contribution >= 0.6 is 18.2 Å². The topological polar surface area (TPSA) is 69.7 Å². The van der Waals surface area contributed by atoms with Crippen LogP contribution in [0.2, 0.25) is 0 Å². The number of ketones is 2. The first-order valence-corrected chi connectivity index (χ1v) is 13.8. The smallest absolute Gasteiger partial charge is 0.408 e. The molecule has 4 rings (SSSR count). The molecule has 0 aliphatic rings. The van der Waals surface area contributed by atoms with Crippen molar-refractivity contribution >= 4 is 29.7 Å². The van der Waals surface area contributed by atoms with Crippen molar-refractivity contribution in [2.45, 2.75) is 0 Å². The fourth-order valence-corrected chi connectivity index (χ4v) is 5.11. The second-order valence-corrected chi connectivity index (χ2v) is 11.3. The third-order valence-corrected chi connectivity index (χ3v) is 8.07. The molecule has 0 aliphatic heterocycles. The van der Waals surface area contributed by atoms with Crippen molar-refractivity contribution in [2.24, 2.45) is 0 Å². The molecule has 0 N–H and O–H groups in total. The van der Waals surface area contributed by atoms with Gasteiger partial charge in [0.15, 0.2) is 11.6 Å². The molecule has 0 aliphatic carbocycles. The van der Waals surface area contributed by atoms with E-state index in [1.807, 2.05) is 12.1 Å². The lowest BCUT2D eigenvalue weighted by atomic mass is 10.0. The van der Waals surface area contributed by atoms with Crippen molar-refractivity contribution < 1.29 is 23.2 Å². The van der Waals surface area contributed by atoms with E-state index in [-0.39, 0.29) is 11.6 Å². The van der Waals surface area contributed by atoms with E-state index < -0.39 is 6.80 Å². The summed E-state index contributed by atoms with van der Waals surface area (Å²) in [5.74, 6) is 0.416. The highest BCUT2D eigenvalue weighted by Crippen LogP contribution is 2.58. The molecule has 0 radical (unpaired) electrons. The van der Waals surface area contributed by atoms with E-state index in [4.69, 9.17) is 9.05 Å². The Morgan fingerprint density at radius 3 is 1.21 bits per heavy atom. The Labute approximate surface area is 202 Å². The van der Waals surface area contributed by atoms with Crippen LogP contribution in [0.25, 0.3) is 0 Å². The van der Waals surface area contributed by atoms with Gasteiger partial charge >= 0.3 is 6.80 Å². The minimum Gasteiger partial charge on any atom is -0.408 e. The molecule has 0 amide bonds. The van der Waals surface area contributed by atoms with Crippen LogP contribution in [0.1, 0.15) is 31.8 Å². The number of rotatable bonds is 9. The zero-order valence-corrected chi connectivity index (χ0v) is 20.0. The number of hydrogen-bond donors (Lipinski definition) is 0. The van der Waals surface area contributed by atoms with Gasteiger partial charge in [0.05, 0.1) is 0 Å².